The highest BCUT2D eigenvalue weighted by atomic mass is 32.3. The highest BCUT2D eigenvalue weighted by Gasteiger charge is 2.28. The van der Waals surface area contributed by atoms with E-state index in [-0.39, 0.29) is 0 Å². The van der Waals surface area contributed by atoms with Crippen molar-refractivity contribution in [3.05, 3.63) is 0 Å². The summed E-state index contributed by atoms with van der Waals surface area (Å²) >= 11 is 0. The van der Waals surface area contributed by atoms with Crippen molar-refractivity contribution >= 4 is 20.6 Å². The maximum atomic E-state index is 9.67. The molecule has 10 heavy (non-hydrogen) atoms. The van der Waals surface area contributed by atoms with Crippen LogP contribution in [0.25, 0.3) is 0 Å². The molecule has 0 atom stereocenters. The van der Waals surface area contributed by atoms with E-state index in [2.05, 4.69) is 0 Å². The Labute approximate surface area is 56.4 Å². The fourth-order valence-electron chi connectivity index (χ4n) is 0.119. The molecule has 0 spiro atoms. The predicted molar refractivity (Wildman–Crippen MR) is 26.7 cm³/mol. The monoisotopic (exact) mass is 193 g/mol. The van der Waals surface area contributed by atoms with Crippen LogP contribution in [-0.4, -0.2) is 35.0 Å². The molecule has 0 aromatic carbocycles. The largest absolute Gasteiger partial charge is 0.374 e. The molecule has 0 bridgehead atoms. The molecule has 3 N–H and O–H groups in total. The van der Waals surface area contributed by atoms with E-state index >= 15 is 0 Å². The van der Waals surface area contributed by atoms with Gasteiger partial charge in [-0.15, -0.1) is 0 Å². The van der Waals surface area contributed by atoms with Crippen LogP contribution in [0.2, 0.25) is 0 Å². The molecule has 10 heteroatoms. The Balaban J connectivity index is 4.94. The number of nitrogens with zero attached hydrogens (tertiary/aromatic N) is 1. The van der Waals surface area contributed by atoms with E-state index in [0.717, 1.165) is 0 Å². The van der Waals surface area contributed by atoms with Gasteiger partial charge in [-0.25, -0.2) is 0 Å². The Morgan fingerprint density at radius 2 is 1.10 bits per heavy atom. The van der Waals surface area contributed by atoms with Crippen LogP contribution < -0.4 is 0 Å². The van der Waals surface area contributed by atoms with Crippen molar-refractivity contribution in [3.63, 3.8) is 0 Å². The van der Waals surface area contributed by atoms with E-state index in [4.69, 9.17) is 14.3 Å². The molecule has 0 heterocycles. The molecule has 62 valence electrons. The minimum absolute atomic E-state index is 1.57. The molecule has 0 aliphatic rings. The van der Waals surface area contributed by atoms with Gasteiger partial charge in [-0.05, 0) is 0 Å². The fraction of sp³-hybridized carbons (Fsp3) is 0. The highest BCUT2D eigenvalue weighted by Crippen LogP contribution is 1.97. The van der Waals surface area contributed by atoms with Gasteiger partial charge in [0.2, 0.25) is 0 Å². The molecule has 0 saturated heterocycles. The van der Waals surface area contributed by atoms with Gasteiger partial charge in [0.15, 0.2) is 0 Å². The first-order valence-electron chi connectivity index (χ1n) is 1.60. The summed E-state index contributed by atoms with van der Waals surface area (Å²) in [6.45, 7) is 0. The molecule has 0 aromatic rings. The minimum atomic E-state index is -5.31. The quantitative estimate of drug-likeness (QED) is 0.351. The molecule has 0 aromatic heterocycles. The van der Waals surface area contributed by atoms with Gasteiger partial charge in [0, 0.05) is 0 Å². The molecule has 0 saturated carbocycles. The molecule has 0 aliphatic carbocycles. The molecular weight excluding hydrogens is 190 g/mol. The van der Waals surface area contributed by atoms with E-state index < -0.39 is 24.5 Å². The van der Waals surface area contributed by atoms with Crippen LogP contribution in [0.15, 0.2) is 0 Å². The second-order valence-corrected chi connectivity index (χ2v) is 3.85. The van der Waals surface area contributed by atoms with Crippen LogP contribution in [0.4, 0.5) is 0 Å². The molecule has 0 aliphatic heterocycles. The number of rotatable bonds is 2. The Bertz CT molecular complexity index is 260. The lowest BCUT2D eigenvalue weighted by Gasteiger charge is -2.03. The van der Waals surface area contributed by atoms with Gasteiger partial charge in [-0.2, -0.15) is 16.8 Å². The van der Waals surface area contributed by atoms with E-state index in [9.17, 15) is 16.8 Å². The Hall–Kier alpha value is -0.260. The van der Waals surface area contributed by atoms with Crippen LogP contribution in [0, 0.1) is 0 Å². The average Bonchev–Trinajstić information content (AvgIpc) is 1.59. The number of hydrogen-bond acceptors (Lipinski definition) is 5. The zero-order valence-corrected chi connectivity index (χ0v) is 5.87. The first-order valence-corrected chi connectivity index (χ1v) is 4.39. The summed E-state index contributed by atoms with van der Waals surface area (Å²) in [6.07, 6.45) is 0. The maximum Gasteiger partial charge on any atom is 0.374 e. The van der Waals surface area contributed by atoms with Crippen molar-refractivity contribution in [2.75, 3.05) is 0 Å². The normalized spacial score (nSPS) is 14.0. The topological polar surface area (TPSA) is 132 Å². The van der Waals surface area contributed by atoms with E-state index in [1.54, 1.807) is 0 Å². The van der Waals surface area contributed by atoms with Crippen molar-refractivity contribution in [1.82, 2.24) is 3.87 Å². The van der Waals surface area contributed by atoms with Gasteiger partial charge in [0.1, 0.15) is 0 Å². The Morgan fingerprint density at radius 1 is 0.900 bits per heavy atom. The van der Waals surface area contributed by atoms with Gasteiger partial charge >= 0.3 is 20.6 Å². The SMILES string of the molecule is O=S(=O)(O)N(O)S(=O)(=O)O. The summed E-state index contributed by atoms with van der Waals surface area (Å²) in [4.78, 5) is 0. The summed E-state index contributed by atoms with van der Waals surface area (Å²) in [6, 6.07) is 0. The van der Waals surface area contributed by atoms with Crippen LogP contribution in [0.1, 0.15) is 0 Å². The smallest absolute Gasteiger partial charge is 0.282 e. The van der Waals surface area contributed by atoms with Gasteiger partial charge < -0.3 is 0 Å². The van der Waals surface area contributed by atoms with E-state index in [1.807, 2.05) is 0 Å². The minimum Gasteiger partial charge on any atom is -0.282 e. The lowest BCUT2D eigenvalue weighted by atomic mass is 13.5. The molecular formula is H3NO7S2. The second kappa shape index (κ2) is 2.41. The summed E-state index contributed by atoms with van der Waals surface area (Å²) in [5.41, 5.74) is 0. The molecule has 0 radical (unpaired) electrons. The van der Waals surface area contributed by atoms with Gasteiger partial charge in [0.25, 0.3) is 0 Å². The van der Waals surface area contributed by atoms with Crippen molar-refractivity contribution in [2.24, 2.45) is 0 Å². The standard InChI is InChI=1S/H3NO7S2/c2-1(9(3,4)5)10(6,7)8/h2H,(H,3,4,5)(H,6,7,8). The average molecular weight is 193 g/mol. The summed E-state index contributed by atoms with van der Waals surface area (Å²) in [5, 5.41) is 7.88. The molecule has 8 nitrogen and oxygen atoms in total. The number of hydrogen-bond donors (Lipinski definition) is 3. The molecule has 0 rings (SSSR count). The molecule has 0 amide bonds. The fourth-order valence-corrected chi connectivity index (χ4v) is 1.07. The van der Waals surface area contributed by atoms with Gasteiger partial charge in [-0.3, -0.25) is 14.3 Å². The molecule has 0 unspecified atom stereocenters. The zero-order chi connectivity index (χ0) is 8.58. The summed E-state index contributed by atoms with van der Waals surface area (Å²) < 4.78 is 52.6. The van der Waals surface area contributed by atoms with Crippen LogP contribution in [0.5, 0.6) is 0 Å². The molecule has 0 fully saturated rings. The van der Waals surface area contributed by atoms with E-state index in [0.29, 0.717) is 0 Å². The third kappa shape index (κ3) is 2.55. The zero-order valence-electron chi connectivity index (χ0n) is 4.24. The van der Waals surface area contributed by atoms with Crippen LogP contribution in [-0.2, 0) is 20.6 Å². The van der Waals surface area contributed by atoms with Crippen LogP contribution in [0.3, 0.4) is 0 Å². The summed E-state index contributed by atoms with van der Waals surface area (Å²) in [5.74, 6) is 0. The third-order valence-corrected chi connectivity index (χ3v) is 2.31. The Morgan fingerprint density at radius 3 is 1.10 bits per heavy atom. The van der Waals surface area contributed by atoms with Crippen molar-refractivity contribution in [3.8, 4) is 0 Å². The van der Waals surface area contributed by atoms with Crippen molar-refractivity contribution < 1.29 is 31.1 Å². The predicted octanol–water partition coefficient (Wildman–Crippen LogP) is -1.72. The van der Waals surface area contributed by atoms with Crippen molar-refractivity contribution in [1.29, 1.82) is 0 Å². The van der Waals surface area contributed by atoms with Crippen LogP contribution >= 0.6 is 0 Å². The third-order valence-electron chi connectivity index (χ3n) is 0.395. The van der Waals surface area contributed by atoms with Gasteiger partial charge in [0.05, 0.1) is 3.87 Å². The lowest BCUT2D eigenvalue weighted by molar-refractivity contribution is 0.0715. The van der Waals surface area contributed by atoms with Gasteiger partial charge in [-0.1, -0.05) is 0 Å². The maximum absolute atomic E-state index is 9.67. The van der Waals surface area contributed by atoms with E-state index in [1.165, 1.54) is 0 Å². The Kier molecular flexibility index (Phi) is 2.35. The first kappa shape index (κ1) is 9.74. The lowest BCUT2D eigenvalue weighted by Crippen LogP contribution is -2.32. The second-order valence-electron chi connectivity index (χ2n) is 1.13. The highest BCUT2D eigenvalue weighted by molar-refractivity contribution is 7.98. The van der Waals surface area contributed by atoms with Crippen molar-refractivity contribution in [2.45, 2.75) is 0 Å². The summed E-state index contributed by atoms with van der Waals surface area (Å²) in [7, 11) is -10.6. The first-order chi connectivity index (χ1) is 4.15.